The van der Waals surface area contributed by atoms with Crippen LogP contribution in [0.5, 0.6) is 17.2 Å². The van der Waals surface area contributed by atoms with Crippen LogP contribution < -0.4 is 14.2 Å². The Morgan fingerprint density at radius 2 is 1.96 bits per heavy atom. The minimum Gasteiger partial charge on any atom is -0.481 e. The number of ketones is 1. The molecule has 0 spiro atoms. The Hall–Kier alpha value is -3.07. The number of thioether (sulfide) groups is 1. The monoisotopic (exact) mass is 402 g/mol. The molecule has 0 bridgehead atoms. The van der Waals surface area contributed by atoms with E-state index in [2.05, 4.69) is 10.2 Å². The van der Waals surface area contributed by atoms with Gasteiger partial charge in [-0.3, -0.25) is 4.79 Å². The van der Waals surface area contributed by atoms with Crippen LogP contribution in [0.1, 0.15) is 29.3 Å². The zero-order chi connectivity index (χ0) is 19.5. The first-order valence-electron chi connectivity index (χ1n) is 8.40. The Balaban J connectivity index is 1.34. The zero-order valence-corrected chi connectivity index (χ0v) is 15.6. The summed E-state index contributed by atoms with van der Waals surface area (Å²) in [6.07, 6.45) is -0.517. The van der Waals surface area contributed by atoms with Gasteiger partial charge in [-0.05, 0) is 49.4 Å². The van der Waals surface area contributed by atoms with Crippen molar-refractivity contribution in [3.8, 4) is 17.2 Å². The largest absolute Gasteiger partial charge is 0.481 e. The van der Waals surface area contributed by atoms with E-state index < -0.39 is 6.10 Å². The molecule has 1 aromatic heterocycles. The Morgan fingerprint density at radius 1 is 1.18 bits per heavy atom. The lowest BCUT2D eigenvalue weighted by atomic mass is 10.1. The smallest absolute Gasteiger partial charge is 0.277 e. The molecule has 0 amide bonds. The van der Waals surface area contributed by atoms with Gasteiger partial charge in [0.2, 0.25) is 6.79 Å². The quantitative estimate of drug-likeness (QED) is 0.432. The molecule has 1 atom stereocenters. The van der Waals surface area contributed by atoms with Gasteiger partial charge < -0.3 is 18.6 Å². The van der Waals surface area contributed by atoms with E-state index in [1.807, 2.05) is 0 Å². The molecule has 0 fully saturated rings. The minimum atomic E-state index is -0.517. The van der Waals surface area contributed by atoms with Crippen molar-refractivity contribution in [1.82, 2.24) is 10.2 Å². The van der Waals surface area contributed by atoms with Crippen LogP contribution in [0.2, 0.25) is 0 Å². The summed E-state index contributed by atoms with van der Waals surface area (Å²) in [5.41, 5.74) is 0.518. The van der Waals surface area contributed by atoms with Crippen molar-refractivity contribution >= 4 is 17.5 Å². The Kier molecular flexibility index (Phi) is 5.16. The number of fused-ring (bicyclic) bond motifs is 1. The summed E-state index contributed by atoms with van der Waals surface area (Å²) in [5.74, 6) is 1.63. The van der Waals surface area contributed by atoms with Crippen LogP contribution in [0.25, 0.3) is 0 Å². The molecule has 0 unspecified atom stereocenters. The highest BCUT2D eigenvalue weighted by Crippen LogP contribution is 2.33. The van der Waals surface area contributed by atoms with E-state index in [0.29, 0.717) is 22.8 Å². The van der Waals surface area contributed by atoms with Crippen molar-refractivity contribution in [3.05, 3.63) is 59.7 Å². The number of hydrogen-bond acceptors (Lipinski definition) is 8. The number of halogens is 1. The summed E-state index contributed by atoms with van der Waals surface area (Å²) in [5, 5.41) is 8.13. The highest BCUT2D eigenvalue weighted by atomic mass is 32.2. The van der Waals surface area contributed by atoms with Crippen LogP contribution >= 0.6 is 11.8 Å². The molecule has 2 heterocycles. The van der Waals surface area contributed by atoms with Crippen LogP contribution in [0.3, 0.4) is 0 Å². The molecule has 0 aliphatic carbocycles. The lowest BCUT2D eigenvalue weighted by Gasteiger charge is -2.10. The predicted octanol–water partition coefficient (Wildman–Crippen LogP) is 4.05. The number of carbonyl (C=O) groups is 1. The van der Waals surface area contributed by atoms with Crippen LogP contribution in [0, 0.1) is 5.82 Å². The van der Waals surface area contributed by atoms with Crippen LogP contribution in [0.15, 0.2) is 52.1 Å². The lowest BCUT2D eigenvalue weighted by molar-refractivity contribution is 0.102. The average Bonchev–Trinajstić information content (AvgIpc) is 3.36. The second kappa shape index (κ2) is 7.89. The van der Waals surface area contributed by atoms with Gasteiger partial charge in [-0.25, -0.2) is 4.39 Å². The van der Waals surface area contributed by atoms with E-state index in [1.54, 1.807) is 25.1 Å². The molecule has 28 heavy (non-hydrogen) atoms. The van der Waals surface area contributed by atoms with E-state index in [0.717, 1.165) is 11.8 Å². The Bertz CT molecular complexity index is 992. The molecular weight excluding hydrogens is 387 g/mol. The first-order chi connectivity index (χ1) is 13.6. The number of benzene rings is 2. The number of Topliss-reactive ketones (excluding diaryl/α,β-unsaturated/α-hetero) is 1. The van der Waals surface area contributed by atoms with Crippen molar-refractivity contribution in [2.45, 2.75) is 18.3 Å². The van der Waals surface area contributed by atoms with Crippen LogP contribution in [-0.2, 0) is 0 Å². The summed E-state index contributed by atoms with van der Waals surface area (Å²) in [6, 6.07) is 10.7. The van der Waals surface area contributed by atoms with Crippen molar-refractivity contribution < 1.29 is 27.8 Å². The van der Waals surface area contributed by atoms with Gasteiger partial charge in [0.25, 0.3) is 11.1 Å². The number of hydrogen-bond donors (Lipinski definition) is 0. The summed E-state index contributed by atoms with van der Waals surface area (Å²) >= 11 is 1.14. The summed E-state index contributed by atoms with van der Waals surface area (Å²) < 4.78 is 34.7. The molecular formula is C19H15FN2O5S. The molecule has 3 aromatic rings. The van der Waals surface area contributed by atoms with Crippen molar-refractivity contribution in [2.24, 2.45) is 0 Å². The first kappa shape index (κ1) is 18.3. The van der Waals surface area contributed by atoms with Gasteiger partial charge in [-0.2, -0.15) is 0 Å². The molecule has 4 rings (SSSR count). The van der Waals surface area contributed by atoms with Crippen LogP contribution in [-0.4, -0.2) is 28.5 Å². The van der Waals surface area contributed by atoms with Crippen molar-refractivity contribution in [2.75, 3.05) is 12.5 Å². The van der Waals surface area contributed by atoms with Gasteiger partial charge >= 0.3 is 0 Å². The summed E-state index contributed by atoms with van der Waals surface area (Å²) in [6.45, 7) is 1.90. The van der Waals surface area contributed by atoms with Crippen molar-refractivity contribution in [3.63, 3.8) is 0 Å². The maximum atomic E-state index is 12.9. The molecule has 2 aromatic carbocycles. The lowest BCUT2D eigenvalue weighted by Crippen LogP contribution is -2.03. The third-order valence-corrected chi connectivity index (χ3v) is 4.74. The standard InChI is InChI=1S/C19H15FN2O5S/c1-11(26-14-5-3-13(20)4-6-14)18-21-22-19(27-18)28-9-15(23)12-2-7-16-17(8-12)25-10-24-16/h2-8,11H,9-10H2,1H3/t11-/m0/s1. The fraction of sp³-hybridized carbons (Fsp3) is 0.211. The molecule has 0 radical (unpaired) electrons. The van der Waals surface area contributed by atoms with E-state index in [4.69, 9.17) is 18.6 Å². The van der Waals surface area contributed by atoms with Crippen molar-refractivity contribution in [1.29, 1.82) is 0 Å². The summed E-state index contributed by atoms with van der Waals surface area (Å²) in [4.78, 5) is 12.4. The Morgan fingerprint density at radius 3 is 2.79 bits per heavy atom. The topological polar surface area (TPSA) is 83.7 Å². The maximum absolute atomic E-state index is 12.9. The van der Waals surface area contributed by atoms with Gasteiger partial charge in [0.15, 0.2) is 23.4 Å². The van der Waals surface area contributed by atoms with Crippen LogP contribution in [0.4, 0.5) is 4.39 Å². The normalized spacial score (nSPS) is 13.4. The zero-order valence-electron chi connectivity index (χ0n) is 14.8. The number of nitrogens with zero attached hydrogens (tertiary/aromatic N) is 2. The van der Waals surface area contributed by atoms with Gasteiger partial charge in [0.1, 0.15) is 11.6 Å². The third kappa shape index (κ3) is 4.09. The highest BCUT2D eigenvalue weighted by molar-refractivity contribution is 7.99. The first-order valence-corrected chi connectivity index (χ1v) is 9.38. The molecule has 1 aliphatic heterocycles. The van der Waals surface area contributed by atoms with Gasteiger partial charge in [-0.1, -0.05) is 11.8 Å². The second-order valence-corrected chi connectivity index (χ2v) is 6.83. The van der Waals surface area contributed by atoms with E-state index in [9.17, 15) is 9.18 Å². The predicted molar refractivity (Wildman–Crippen MR) is 97.4 cm³/mol. The molecule has 144 valence electrons. The minimum absolute atomic E-state index is 0.0985. The molecule has 0 saturated heterocycles. The van der Waals surface area contributed by atoms with Gasteiger partial charge in [0.05, 0.1) is 5.75 Å². The number of rotatable bonds is 7. The molecule has 0 N–H and O–H groups in total. The molecule has 7 nitrogen and oxygen atoms in total. The maximum Gasteiger partial charge on any atom is 0.277 e. The number of aromatic nitrogens is 2. The second-order valence-electron chi connectivity index (χ2n) is 5.90. The fourth-order valence-corrected chi connectivity index (χ4v) is 3.16. The van der Waals surface area contributed by atoms with E-state index in [-0.39, 0.29) is 35.3 Å². The number of carbonyl (C=O) groups excluding carboxylic acids is 1. The van der Waals surface area contributed by atoms with E-state index in [1.165, 1.54) is 24.3 Å². The molecule has 0 saturated carbocycles. The molecule has 1 aliphatic rings. The summed E-state index contributed by atoms with van der Waals surface area (Å²) in [7, 11) is 0. The highest BCUT2D eigenvalue weighted by Gasteiger charge is 2.19. The SMILES string of the molecule is C[C@H](Oc1ccc(F)cc1)c1nnc(SCC(=O)c2ccc3c(c2)OCO3)o1. The third-order valence-electron chi connectivity index (χ3n) is 3.92. The fourth-order valence-electron chi connectivity index (χ4n) is 2.49. The number of ether oxygens (including phenoxy) is 3. The van der Waals surface area contributed by atoms with E-state index >= 15 is 0 Å². The van der Waals surface area contributed by atoms with Gasteiger partial charge in [0, 0.05) is 5.56 Å². The molecule has 9 heteroatoms. The van der Waals surface area contributed by atoms with Gasteiger partial charge in [-0.15, -0.1) is 10.2 Å². The average molecular weight is 402 g/mol. The Labute approximate surface area is 163 Å².